The molecule has 0 spiro atoms. The average Bonchev–Trinajstić information content (AvgIpc) is 2.29. The molecule has 0 saturated carbocycles. The van der Waals surface area contributed by atoms with Crippen molar-refractivity contribution in [2.75, 3.05) is 0 Å². The number of esters is 1. The Kier molecular flexibility index (Phi) is 4.46. The number of rotatable bonds is 3. The molecule has 0 heterocycles. The Labute approximate surface area is 99.8 Å². The van der Waals surface area contributed by atoms with Gasteiger partial charge in [0.15, 0.2) is 0 Å². The molecule has 4 nitrogen and oxygen atoms in total. The van der Waals surface area contributed by atoms with Gasteiger partial charge in [0.2, 0.25) is 0 Å². The van der Waals surface area contributed by atoms with Crippen LogP contribution in [0.2, 0.25) is 0 Å². The monoisotopic (exact) mass is 234 g/mol. The molecule has 0 aliphatic carbocycles. The number of carbonyl (C=O) groups is 2. The highest BCUT2D eigenvalue weighted by atomic mass is 16.7. The van der Waals surface area contributed by atoms with Gasteiger partial charge in [0.1, 0.15) is 5.75 Å². The zero-order valence-corrected chi connectivity index (χ0v) is 9.80. The van der Waals surface area contributed by atoms with Gasteiger partial charge in [-0.05, 0) is 17.7 Å². The largest absolute Gasteiger partial charge is 0.521 e. The molecular weight excluding hydrogens is 220 g/mol. The molecule has 1 aromatic carbocycles. The first-order chi connectivity index (χ1) is 8.02. The Morgan fingerprint density at radius 3 is 2.29 bits per heavy atom. The molecule has 0 bridgehead atoms. The number of carbonyl (C=O) groups excluding carboxylic acids is 2. The Bertz CT molecular complexity index is 418. The van der Waals surface area contributed by atoms with Crippen LogP contribution >= 0.6 is 0 Å². The fraction of sp³-hybridized carbons (Fsp3) is 0.231. The highest BCUT2D eigenvalue weighted by Crippen LogP contribution is 2.13. The summed E-state index contributed by atoms with van der Waals surface area (Å²) in [6.07, 6.45) is 0.653. The van der Waals surface area contributed by atoms with Crippen LogP contribution in [0.5, 0.6) is 5.75 Å². The molecule has 4 heteroatoms. The van der Waals surface area contributed by atoms with Crippen LogP contribution in [0.3, 0.4) is 0 Å². The fourth-order valence-corrected chi connectivity index (χ4v) is 0.989. The lowest BCUT2D eigenvalue weighted by atomic mass is 10.2. The van der Waals surface area contributed by atoms with Crippen LogP contribution in [0.25, 0.3) is 6.08 Å². The van der Waals surface area contributed by atoms with Gasteiger partial charge in [0.25, 0.3) is 0 Å². The van der Waals surface area contributed by atoms with Gasteiger partial charge in [0.05, 0.1) is 5.92 Å². The Balaban J connectivity index is 2.56. The minimum absolute atomic E-state index is 0.317. The van der Waals surface area contributed by atoms with E-state index in [4.69, 9.17) is 4.74 Å². The minimum Gasteiger partial charge on any atom is -0.395 e. The molecule has 0 saturated heterocycles. The summed E-state index contributed by atoms with van der Waals surface area (Å²) in [5, 5.41) is 0. The van der Waals surface area contributed by atoms with E-state index < -0.39 is 12.1 Å². The van der Waals surface area contributed by atoms with E-state index in [1.54, 1.807) is 44.2 Å². The van der Waals surface area contributed by atoms with Crippen molar-refractivity contribution in [1.29, 1.82) is 0 Å². The van der Waals surface area contributed by atoms with Gasteiger partial charge in [-0.3, -0.25) is 4.79 Å². The molecule has 0 fully saturated rings. The summed E-state index contributed by atoms with van der Waals surface area (Å²) < 4.78 is 9.27. The summed E-state index contributed by atoms with van der Waals surface area (Å²) in [5.41, 5.74) is 0.906. The van der Waals surface area contributed by atoms with Gasteiger partial charge < -0.3 is 9.47 Å². The quantitative estimate of drug-likeness (QED) is 0.458. The number of ether oxygens (including phenoxy) is 2. The van der Waals surface area contributed by atoms with Crippen molar-refractivity contribution in [3.05, 3.63) is 36.4 Å². The van der Waals surface area contributed by atoms with E-state index >= 15 is 0 Å². The highest BCUT2D eigenvalue weighted by molar-refractivity contribution is 5.83. The molecule has 0 radical (unpaired) electrons. The predicted molar refractivity (Wildman–Crippen MR) is 63.5 cm³/mol. The molecule has 0 atom stereocenters. The lowest BCUT2D eigenvalue weighted by Crippen LogP contribution is -2.19. The standard InChI is InChI=1S/C13H14O4/c1-4-10-5-7-11(8-6-10)16-13(15)17-12(14)9(2)3/h4-9H,1H2,2-3H3. The van der Waals surface area contributed by atoms with Crippen molar-refractivity contribution in [3.63, 3.8) is 0 Å². The van der Waals surface area contributed by atoms with Crippen molar-refractivity contribution >= 4 is 18.2 Å². The molecule has 0 aliphatic heterocycles. The third kappa shape index (κ3) is 4.10. The van der Waals surface area contributed by atoms with Crippen molar-refractivity contribution in [1.82, 2.24) is 0 Å². The van der Waals surface area contributed by atoms with Crippen LogP contribution < -0.4 is 4.74 Å². The summed E-state index contributed by atoms with van der Waals surface area (Å²) in [5.74, 6) is -0.666. The van der Waals surface area contributed by atoms with Crippen LogP contribution in [-0.2, 0) is 9.53 Å². The molecule has 0 unspecified atom stereocenters. The van der Waals surface area contributed by atoms with E-state index in [9.17, 15) is 9.59 Å². The molecule has 90 valence electrons. The molecule has 17 heavy (non-hydrogen) atoms. The molecule has 0 N–H and O–H groups in total. The van der Waals surface area contributed by atoms with Crippen LogP contribution in [0.15, 0.2) is 30.8 Å². The van der Waals surface area contributed by atoms with Gasteiger partial charge in [-0.2, -0.15) is 0 Å². The second-order valence-corrected chi connectivity index (χ2v) is 3.70. The second kappa shape index (κ2) is 5.84. The molecule has 0 aliphatic rings. The number of benzene rings is 1. The maximum absolute atomic E-state index is 11.2. The third-order valence-electron chi connectivity index (χ3n) is 1.97. The van der Waals surface area contributed by atoms with Gasteiger partial charge in [0, 0.05) is 0 Å². The molecular formula is C13H14O4. The van der Waals surface area contributed by atoms with E-state index in [-0.39, 0.29) is 5.92 Å². The van der Waals surface area contributed by atoms with Gasteiger partial charge in [-0.1, -0.05) is 38.6 Å². The fourth-order valence-electron chi connectivity index (χ4n) is 0.989. The Hall–Kier alpha value is -2.10. The molecule has 1 aromatic rings. The summed E-state index contributed by atoms with van der Waals surface area (Å²) in [7, 11) is 0. The van der Waals surface area contributed by atoms with E-state index in [2.05, 4.69) is 11.3 Å². The first-order valence-corrected chi connectivity index (χ1v) is 5.19. The van der Waals surface area contributed by atoms with Crippen molar-refractivity contribution in [2.24, 2.45) is 5.92 Å². The van der Waals surface area contributed by atoms with Gasteiger partial charge in [-0.25, -0.2) is 4.79 Å². The summed E-state index contributed by atoms with van der Waals surface area (Å²) in [6.45, 7) is 6.87. The summed E-state index contributed by atoms with van der Waals surface area (Å²) >= 11 is 0. The average molecular weight is 234 g/mol. The molecule has 1 rings (SSSR count). The van der Waals surface area contributed by atoms with E-state index in [1.165, 1.54) is 0 Å². The lowest BCUT2D eigenvalue weighted by Gasteiger charge is -2.06. The van der Waals surface area contributed by atoms with Gasteiger partial charge >= 0.3 is 12.1 Å². The van der Waals surface area contributed by atoms with E-state index in [0.29, 0.717) is 5.75 Å². The maximum atomic E-state index is 11.2. The van der Waals surface area contributed by atoms with E-state index in [0.717, 1.165) is 5.56 Å². The van der Waals surface area contributed by atoms with Gasteiger partial charge in [-0.15, -0.1) is 0 Å². The van der Waals surface area contributed by atoms with Crippen molar-refractivity contribution in [3.8, 4) is 5.75 Å². The Morgan fingerprint density at radius 2 is 1.82 bits per heavy atom. The first kappa shape index (κ1) is 13.0. The van der Waals surface area contributed by atoms with E-state index in [1.807, 2.05) is 0 Å². The zero-order chi connectivity index (χ0) is 12.8. The topological polar surface area (TPSA) is 52.6 Å². The maximum Gasteiger partial charge on any atom is 0.521 e. The normalized spacial score (nSPS) is 9.82. The summed E-state index contributed by atoms with van der Waals surface area (Å²) in [6, 6.07) is 6.66. The van der Waals surface area contributed by atoms with Crippen molar-refractivity contribution < 1.29 is 19.1 Å². The second-order valence-electron chi connectivity index (χ2n) is 3.70. The number of hydrogen-bond donors (Lipinski definition) is 0. The Morgan fingerprint density at radius 1 is 1.24 bits per heavy atom. The first-order valence-electron chi connectivity index (χ1n) is 5.19. The zero-order valence-electron chi connectivity index (χ0n) is 9.80. The minimum atomic E-state index is -1.02. The lowest BCUT2D eigenvalue weighted by molar-refractivity contribution is -0.142. The van der Waals surface area contributed by atoms with Crippen LogP contribution in [-0.4, -0.2) is 12.1 Å². The van der Waals surface area contributed by atoms with Crippen LogP contribution in [0.4, 0.5) is 4.79 Å². The molecule has 0 amide bonds. The van der Waals surface area contributed by atoms with Crippen molar-refractivity contribution in [2.45, 2.75) is 13.8 Å². The summed E-state index contributed by atoms with van der Waals surface area (Å²) in [4.78, 5) is 22.3. The van der Waals surface area contributed by atoms with Crippen LogP contribution in [0.1, 0.15) is 19.4 Å². The predicted octanol–water partition coefficient (Wildman–Crippen LogP) is 3.03. The third-order valence-corrected chi connectivity index (χ3v) is 1.97. The SMILES string of the molecule is C=Cc1ccc(OC(=O)OC(=O)C(C)C)cc1. The highest BCUT2D eigenvalue weighted by Gasteiger charge is 2.15. The molecule has 0 aromatic heterocycles. The smallest absolute Gasteiger partial charge is 0.395 e. The van der Waals surface area contributed by atoms with Crippen LogP contribution in [0, 0.1) is 5.92 Å². The number of hydrogen-bond acceptors (Lipinski definition) is 4.